The minimum absolute atomic E-state index is 0.0924. The van der Waals surface area contributed by atoms with Crippen LogP contribution in [0.25, 0.3) is 100 Å². The third kappa shape index (κ3) is 5.08. The minimum atomic E-state index is -0.0924. The van der Waals surface area contributed by atoms with Crippen molar-refractivity contribution in [3.63, 3.8) is 0 Å². The zero-order valence-electron chi connectivity index (χ0n) is 32.6. The number of nitrogens with zero attached hydrogens (tertiary/aromatic N) is 5. The smallest absolute Gasteiger partial charge is 0.238 e. The van der Waals surface area contributed by atoms with Crippen LogP contribution >= 0.6 is 0 Å². The normalized spacial score (nSPS) is 13.1. The van der Waals surface area contributed by atoms with Crippen molar-refractivity contribution in [3.05, 3.63) is 199 Å². The van der Waals surface area contributed by atoms with Gasteiger partial charge in [-0.15, -0.1) is 0 Å². The molecule has 0 spiro atoms. The van der Waals surface area contributed by atoms with Crippen LogP contribution in [0, 0.1) is 0 Å². The molecule has 5 nitrogen and oxygen atoms in total. The van der Waals surface area contributed by atoms with Gasteiger partial charge in [-0.1, -0.05) is 153 Å². The van der Waals surface area contributed by atoms with Gasteiger partial charge in [0.15, 0.2) is 11.6 Å². The Morgan fingerprint density at radius 3 is 1.54 bits per heavy atom. The molecule has 3 heterocycles. The lowest BCUT2D eigenvalue weighted by Crippen LogP contribution is -2.14. The van der Waals surface area contributed by atoms with E-state index in [1.165, 1.54) is 55.2 Å². The molecule has 5 heteroatoms. The first-order chi connectivity index (χ1) is 29.0. The van der Waals surface area contributed by atoms with Crippen molar-refractivity contribution in [1.29, 1.82) is 0 Å². The minimum Gasteiger partial charge on any atom is -0.309 e. The molecule has 1 aliphatic rings. The fraction of sp³-hybridized carbons (Fsp3) is 0.0556. The Bertz CT molecular complexity index is 3350. The van der Waals surface area contributed by atoms with Crippen LogP contribution in [0.1, 0.15) is 25.0 Å². The molecule has 0 N–H and O–H groups in total. The summed E-state index contributed by atoms with van der Waals surface area (Å²) in [4.78, 5) is 15.5. The first-order valence-corrected chi connectivity index (χ1v) is 20.2. The summed E-state index contributed by atoms with van der Waals surface area (Å²) >= 11 is 0. The summed E-state index contributed by atoms with van der Waals surface area (Å²) in [5, 5.41) is 4.73. The molecule has 0 unspecified atom stereocenters. The number of para-hydroxylation sites is 2. The third-order valence-corrected chi connectivity index (χ3v) is 12.4. The van der Waals surface area contributed by atoms with E-state index in [1.54, 1.807) is 0 Å². The van der Waals surface area contributed by atoms with E-state index in [9.17, 15) is 0 Å². The number of hydrogen-bond donors (Lipinski definition) is 0. The van der Waals surface area contributed by atoms with Gasteiger partial charge < -0.3 is 4.57 Å². The Kier molecular flexibility index (Phi) is 7.20. The fourth-order valence-corrected chi connectivity index (χ4v) is 9.53. The number of rotatable bonds is 5. The Morgan fingerprint density at radius 1 is 0.356 bits per heavy atom. The molecule has 0 bridgehead atoms. The Balaban J connectivity index is 1.12. The first kappa shape index (κ1) is 33.5. The second kappa shape index (κ2) is 12.7. The van der Waals surface area contributed by atoms with E-state index in [0.717, 1.165) is 38.6 Å². The molecule has 278 valence electrons. The highest BCUT2D eigenvalue weighted by Crippen LogP contribution is 2.50. The van der Waals surface area contributed by atoms with Gasteiger partial charge in [-0.3, -0.25) is 4.57 Å². The Hall–Kier alpha value is -7.63. The van der Waals surface area contributed by atoms with Gasteiger partial charge in [-0.25, -0.2) is 4.98 Å². The zero-order valence-corrected chi connectivity index (χ0v) is 32.6. The van der Waals surface area contributed by atoms with E-state index in [4.69, 9.17) is 15.0 Å². The fourth-order valence-electron chi connectivity index (χ4n) is 9.53. The van der Waals surface area contributed by atoms with Gasteiger partial charge in [0.2, 0.25) is 5.95 Å². The highest BCUT2D eigenvalue weighted by atomic mass is 15.2. The first-order valence-electron chi connectivity index (χ1n) is 20.2. The predicted octanol–water partition coefficient (Wildman–Crippen LogP) is 13.4. The van der Waals surface area contributed by atoms with Crippen LogP contribution in [-0.4, -0.2) is 24.1 Å². The average Bonchev–Trinajstić information content (AvgIpc) is 3.89. The van der Waals surface area contributed by atoms with E-state index in [1.807, 2.05) is 36.4 Å². The topological polar surface area (TPSA) is 48.5 Å². The lowest BCUT2D eigenvalue weighted by Gasteiger charge is -2.22. The Labute approximate surface area is 341 Å². The van der Waals surface area contributed by atoms with Gasteiger partial charge in [-0.2, -0.15) is 9.97 Å². The Morgan fingerprint density at radius 2 is 0.864 bits per heavy atom. The second-order valence-electron chi connectivity index (χ2n) is 16.1. The maximum Gasteiger partial charge on any atom is 0.238 e. The predicted molar refractivity (Wildman–Crippen MR) is 242 cm³/mol. The van der Waals surface area contributed by atoms with Crippen LogP contribution in [0.3, 0.4) is 0 Å². The van der Waals surface area contributed by atoms with Crippen molar-refractivity contribution in [2.24, 2.45) is 0 Å². The van der Waals surface area contributed by atoms with Crippen molar-refractivity contribution < 1.29 is 0 Å². The van der Waals surface area contributed by atoms with Gasteiger partial charge in [0.1, 0.15) is 0 Å². The molecule has 0 saturated heterocycles. The van der Waals surface area contributed by atoms with Gasteiger partial charge in [0.05, 0.1) is 22.1 Å². The van der Waals surface area contributed by atoms with Crippen molar-refractivity contribution in [3.8, 4) is 56.7 Å². The maximum atomic E-state index is 5.22. The van der Waals surface area contributed by atoms with Crippen molar-refractivity contribution in [2.75, 3.05) is 0 Å². The number of benzene rings is 8. The summed E-state index contributed by atoms with van der Waals surface area (Å²) in [6.45, 7) is 4.69. The molecule has 8 aromatic carbocycles. The molecule has 0 aliphatic heterocycles. The quantitative estimate of drug-likeness (QED) is 0.176. The third-order valence-electron chi connectivity index (χ3n) is 12.4. The van der Waals surface area contributed by atoms with E-state index >= 15 is 0 Å². The van der Waals surface area contributed by atoms with Gasteiger partial charge >= 0.3 is 0 Å². The molecule has 0 atom stereocenters. The summed E-state index contributed by atoms with van der Waals surface area (Å²) in [6, 6.07) is 67.2. The van der Waals surface area contributed by atoms with Crippen LogP contribution in [0.4, 0.5) is 0 Å². The monoisotopic (exact) mass is 755 g/mol. The lowest BCUT2D eigenvalue weighted by molar-refractivity contribution is 0.660. The van der Waals surface area contributed by atoms with Gasteiger partial charge in [0.25, 0.3) is 0 Å². The molecule has 3 aromatic heterocycles. The summed E-state index contributed by atoms with van der Waals surface area (Å²) < 4.78 is 4.61. The van der Waals surface area contributed by atoms with Crippen LogP contribution in [0.2, 0.25) is 0 Å². The van der Waals surface area contributed by atoms with E-state index in [2.05, 4.69) is 175 Å². The summed E-state index contributed by atoms with van der Waals surface area (Å²) in [5.41, 5.74) is 15.0. The van der Waals surface area contributed by atoms with E-state index in [-0.39, 0.29) is 5.41 Å². The van der Waals surface area contributed by atoms with Crippen LogP contribution in [0.5, 0.6) is 0 Å². The molecule has 12 rings (SSSR count). The van der Waals surface area contributed by atoms with Crippen molar-refractivity contribution in [1.82, 2.24) is 24.1 Å². The van der Waals surface area contributed by atoms with E-state index < -0.39 is 0 Å². The van der Waals surface area contributed by atoms with Crippen molar-refractivity contribution in [2.45, 2.75) is 19.3 Å². The molecule has 59 heavy (non-hydrogen) atoms. The van der Waals surface area contributed by atoms with Gasteiger partial charge in [-0.05, 0) is 81.9 Å². The highest BCUT2D eigenvalue weighted by molar-refractivity contribution is 6.13. The molecule has 1 aliphatic carbocycles. The molecule has 0 radical (unpaired) electrons. The molecular formula is C54H37N5. The van der Waals surface area contributed by atoms with E-state index in [0.29, 0.717) is 17.6 Å². The molecule has 0 fully saturated rings. The highest BCUT2D eigenvalue weighted by Gasteiger charge is 2.35. The second-order valence-corrected chi connectivity index (χ2v) is 16.1. The molecule has 0 saturated carbocycles. The number of fused-ring (bicyclic) bond motifs is 9. The molecule has 0 amide bonds. The largest absolute Gasteiger partial charge is 0.309 e. The maximum absolute atomic E-state index is 5.22. The SMILES string of the molecule is CC1(C)c2ccccc2-c2ccc(-c3ccc4c(c3)c3cc(-n5c6ccccc6c6ccccc65)ccc3n4-c3nc(-c4ccccc4)nc(-c4ccccc4)n3)cc21. The standard InChI is InChI=1S/C54H37N5/c1-54(2)45-22-12-9-19-39(45)40-28-25-37(32-46(40)54)36-26-29-49-43(31-36)44-33-38(58-47-23-13-10-20-41(47)42-21-11-14-24-48(42)58)27-30-50(44)59(49)53-56-51(34-15-5-3-6-16-34)55-52(57-53)35-17-7-4-8-18-35/h3-33H,1-2H3. The summed E-state index contributed by atoms with van der Waals surface area (Å²) in [5.74, 6) is 1.83. The van der Waals surface area contributed by atoms with Crippen molar-refractivity contribution >= 4 is 43.6 Å². The van der Waals surface area contributed by atoms with Crippen LogP contribution in [0.15, 0.2) is 188 Å². The summed E-state index contributed by atoms with van der Waals surface area (Å²) in [7, 11) is 0. The number of aromatic nitrogens is 5. The zero-order chi connectivity index (χ0) is 39.2. The average molecular weight is 756 g/mol. The van der Waals surface area contributed by atoms with Crippen LogP contribution < -0.4 is 0 Å². The number of hydrogen-bond acceptors (Lipinski definition) is 3. The lowest BCUT2D eigenvalue weighted by atomic mass is 9.81. The summed E-state index contributed by atoms with van der Waals surface area (Å²) in [6.07, 6.45) is 0. The van der Waals surface area contributed by atoms with Crippen LogP contribution in [-0.2, 0) is 5.41 Å². The molecule has 11 aromatic rings. The molecular weight excluding hydrogens is 719 g/mol. The van der Waals surface area contributed by atoms with Gasteiger partial charge in [0, 0.05) is 43.8 Å².